The number of nitrogens with zero attached hydrogens (tertiary/aromatic N) is 3. The Morgan fingerprint density at radius 2 is 2.17 bits per heavy atom. The van der Waals surface area contributed by atoms with Crippen molar-refractivity contribution in [3.63, 3.8) is 0 Å². The Morgan fingerprint density at radius 3 is 2.78 bits per heavy atom. The minimum absolute atomic E-state index is 0.307. The van der Waals surface area contributed by atoms with Crippen LogP contribution in [0.5, 0.6) is 0 Å². The molecule has 102 valence electrons. The van der Waals surface area contributed by atoms with Gasteiger partial charge in [0.05, 0.1) is 6.54 Å². The van der Waals surface area contributed by atoms with Crippen LogP contribution in [0.3, 0.4) is 0 Å². The van der Waals surface area contributed by atoms with Gasteiger partial charge in [-0.1, -0.05) is 20.3 Å². The molecule has 0 aromatic carbocycles. The van der Waals surface area contributed by atoms with E-state index in [2.05, 4.69) is 42.2 Å². The molecule has 0 N–H and O–H groups in total. The number of rotatable bonds is 5. The predicted molar refractivity (Wildman–Crippen MR) is 74.8 cm³/mol. The summed E-state index contributed by atoms with van der Waals surface area (Å²) in [5.41, 5.74) is 0. The molecule has 2 atom stereocenters. The standard InChI is InChI=1S/C13H23N3OS/c1-9(2)13-15-14-12(17-13)8-16(3)10-6-5-7-11(10)18-4/h9-11H,5-8H2,1-4H3/t10-,11-/m1/s1. The van der Waals surface area contributed by atoms with Gasteiger partial charge < -0.3 is 4.42 Å². The van der Waals surface area contributed by atoms with E-state index in [-0.39, 0.29) is 0 Å². The molecule has 0 amide bonds. The Hall–Kier alpha value is -0.550. The fourth-order valence-corrected chi connectivity index (χ4v) is 3.64. The van der Waals surface area contributed by atoms with E-state index in [0.29, 0.717) is 12.0 Å². The first kappa shape index (κ1) is 13.9. The minimum Gasteiger partial charge on any atom is -0.424 e. The average molecular weight is 269 g/mol. The lowest BCUT2D eigenvalue weighted by molar-refractivity contribution is 0.216. The maximum atomic E-state index is 5.67. The average Bonchev–Trinajstić information content (AvgIpc) is 2.96. The first-order chi connectivity index (χ1) is 8.61. The van der Waals surface area contributed by atoms with Gasteiger partial charge in [-0.25, -0.2) is 0 Å². The maximum absolute atomic E-state index is 5.67. The molecule has 1 aromatic heterocycles. The zero-order valence-electron chi connectivity index (χ0n) is 11.7. The van der Waals surface area contributed by atoms with Crippen LogP contribution in [0.25, 0.3) is 0 Å². The van der Waals surface area contributed by atoms with E-state index >= 15 is 0 Å². The highest BCUT2D eigenvalue weighted by molar-refractivity contribution is 7.99. The van der Waals surface area contributed by atoms with Crippen molar-refractivity contribution in [2.75, 3.05) is 13.3 Å². The number of hydrogen-bond donors (Lipinski definition) is 0. The molecule has 1 aliphatic rings. The number of aromatic nitrogens is 2. The van der Waals surface area contributed by atoms with E-state index in [0.717, 1.165) is 23.6 Å². The monoisotopic (exact) mass is 269 g/mol. The third kappa shape index (κ3) is 3.06. The third-order valence-corrected chi connectivity index (χ3v) is 4.80. The number of hydrogen-bond acceptors (Lipinski definition) is 5. The molecule has 0 aliphatic heterocycles. The van der Waals surface area contributed by atoms with Gasteiger partial charge in [0, 0.05) is 17.2 Å². The fraction of sp³-hybridized carbons (Fsp3) is 0.846. The van der Waals surface area contributed by atoms with Crippen molar-refractivity contribution in [2.45, 2.75) is 56.9 Å². The van der Waals surface area contributed by atoms with Crippen molar-refractivity contribution in [3.05, 3.63) is 11.8 Å². The molecule has 0 saturated heterocycles. The lowest BCUT2D eigenvalue weighted by Crippen LogP contribution is -2.35. The Labute approximate surface area is 114 Å². The molecule has 18 heavy (non-hydrogen) atoms. The maximum Gasteiger partial charge on any atom is 0.230 e. The molecule has 1 aliphatic carbocycles. The van der Waals surface area contributed by atoms with Crippen LogP contribution < -0.4 is 0 Å². The Kier molecular flexibility index (Phi) is 4.67. The largest absolute Gasteiger partial charge is 0.424 e. The van der Waals surface area contributed by atoms with Crippen molar-refractivity contribution >= 4 is 11.8 Å². The van der Waals surface area contributed by atoms with E-state index in [4.69, 9.17) is 4.42 Å². The molecular formula is C13H23N3OS. The van der Waals surface area contributed by atoms with E-state index in [9.17, 15) is 0 Å². The summed E-state index contributed by atoms with van der Waals surface area (Å²) in [5.74, 6) is 1.79. The van der Waals surface area contributed by atoms with Gasteiger partial charge in [-0.05, 0) is 26.1 Å². The van der Waals surface area contributed by atoms with Gasteiger partial charge in [0.25, 0.3) is 0 Å². The lowest BCUT2D eigenvalue weighted by atomic mass is 10.2. The van der Waals surface area contributed by atoms with Crippen molar-refractivity contribution in [2.24, 2.45) is 0 Å². The van der Waals surface area contributed by atoms with Crippen LogP contribution in [0.4, 0.5) is 0 Å². The molecule has 4 nitrogen and oxygen atoms in total. The van der Waals surface area contributed by atoms with Gasteiger partial charge in [-0.2, -0.15) is 11.8 Å². The van der Waals surface area contributed by atoms with Crippen LogP contribution in [-0.2, 0) is 6.54 Å². The summed E-state index contributed by atoms with van der Waals surface area (Å²) in [6.45, 7) is 4.91. The van der Waals surface area contributed by atoms with Crippen molar-refractivity contribution in [3.8, 4) is 0 Å². The summed E-state index contributed by atoms with van der Waals surface area (Å²) in [6, 6.07) is 0.648. The molecule has 1 saturated carbocycles. The van der Waals surface area contributed by atoms with Gasteiger partial charge in [-0.3, -0.25) is 4.90 Å². The molecule has 0 radical (unpaired) electrons. The summed E-state index contributed by atoms with van der Waals surface area (Å²) in [7, 11) is 2.17. The normalized spacial score (nSPS) is 24.3. The molecule has 5 heteroatoms. The van der Waals surface area contributed by atoms with Gasteiger partial charge in [0.2, 0.25) is 11.8 Å². The fourth-order valence-electron chi connectivity index (χ4n) is 2.58. The van der Waals surface area contributed by atoms with Crippen molar-refractivity contribution in [1.29, 1.82) is 0 Å². The lowest BCUT2D eigenvalue weighted by Gasteiger charge is -2.27. The van der Waals surface area contributed by atoms with E-state index < -0.39 is 0 Å². The van der Waals surface area contributed by atoms with Gasteiger partial charge in [0.15, 0.2) is 0 Å². The zero-order chi connectivity index (χ0) is 13.1. The van der Waals surface area contributed by atoms with E-state index in [1.165, 1.54) is 19.3 Å². The highest BCUT2D eigenvalue weighted by atomic mass is 32.2. The summed E-state index contributed by atoms with van der Waals surface area (Å²) >= 11 is 1.98. The second-order valence-electron chi connectivity index (χ2n) is 5.38. The third-order valence-electron chi connectivity index (χ3n) is 3.65. The van der Waals surface area contributed by atoms with Crippen LogP contribution in [-0.4, -0.2) is 39.7 Å². The Morgan fingerprint density at radius 1 is 1.39 bits per heavy atom. The number of thioether (sulfide) groups is 1. The topological polar surface area (TPSA) is 42.2 Å². The Balaban J connectivity index is 1.95. The van der Waals surface area contributed by atoms with Gasteiger partial charge in [0.1, 0.15) is 0 Å². The molecule has 2 rings (SSSR count). The second-order valence-corrected chi connectivity index (χ2v) is 6.45. The van der Waals surface area contributed by atoms with Crippen LogP contribution >= 0.6 is 11.8 Å². The van der Waals surface area contributed by atoms with E-state index in [1.807, 2.05) is 11.8 Å². The molecule has 0 spiro atoms. The summed E-state index contributed by atoms with van der Waals surface area (Å²) in [6.07, 6.45) is 6.16. The smallest absolute Gasteiger partial charge is 0.230 e. The predicted octanol–water partition coefficient (Wildman–Crippen LogP) is 2.91. The van der Waals surface area contributed by atoms with Crippen LogP contribution in [0.15, 0.2) is 4.42 Å². The summed E-state index contributed by atoms with van der Waals surface area (Å²) in [4.78, 5) is 2.37. The quantitative estimate of drug-likeness (QED) is 0.822. The first-order valence-electron chi connectivity index (χ1n) is 6.67. The molecular weight excluding hydrogens is 246 g/mol. The Bertz CT molecular complexity index is 380. The second kappa shape index (κ2) is 6.06. The molecule has 0 unspecified atom stereocenters. The van der Waals surface area contributed by atoms with E-state index in [1.54, 1.807) is 0 Å². The molecule has 1 fully saturated rings. The highest BCUT2D eigenvalue weighted by Gasteiger charge is 2.30. The van der Waals surface area contributed by atoms with Crippen LogP contribution in [0.2, 0.25) is 0 Å². The van der Waals surface area contributed by atoms with Crippen molar-refractivity contribution < 1.29 is 4.42 Å². The zero-order valence-corrected chi connectivity index (χ0v) is 12.5. The van der Waals surface area contributed by atoms with Gasteiger partial charge >= 0.3 is 0 Å². The van der Waals surface area contributed by atoms with Crippen molar-refractivity contribution in [1.82, 2.24) is 15.1 Å². The summed E-state index contributed by atoms with van der Waals surface area (Å²) < 4.78 is 5.67. The molecule has 1 heterocycles. The van der Waals surface area contributed by atoms with Gasteiger partial charge in [-0.15, -0.1) is 10.2 Å². The minimum atomic E-state index is 0.307. The molecule has 0 bridgehead atoms. The van der Waals surface area contributed by atoms with Crippen LogP contribution in [0, 0.1) is 0 Å². The summed E-state index contributed by atoms with van der Waals surface area (Å²) in [5, 5.41) is 8.97. The first-order valence-corrected chi connectivity index (χ1v) is 7.96. The van der Waals surface area contributed by atoms with Crippen LogP contribution in [0.1, 0.15) is 50.8 Å². The highest BCUT2D eigenvalue weighted by Crippen LogP contribution is 2.32. The SMILES string of the molecule is CS[C@@H]1CCC[C@H]1N(C)Cc1nnc(C(C)C)o1. The molecule has 1 aromatic rings.